The zero-order valence-corrected chi connectivity index (χ0v) is 8.74. The van der Waals surface area contributed by atoms with Gasteiger partial charge in [0.1, 0.15) is 0 Å². The third kappa shape index (κ3) is 1.83. The van der Waals surface area contributed by atoms with E-state index in [4.69, 9.17) is 0 Å². The Morgan fingerprint density at radius 2 is 1.93 bits per heavy atom. The van der Waals surface area contributed by atoms with Crippen LogP contribution in [0.2, 0.25) is 0 Å². The van der Waals surface area contributed by atoms with Gasteiger partial charge in [0.25, 0.3) is 0 Å². The Kier molecular flexibility index (Phi) is 2.60. The lowest BCUT2D eigenvalue weighted by Crippen LogP contribution is -2.35. The van der Waals surface area contributed by atoms with Gasteiger partial charge >= 0.3 is 0 Å². The van der Waals surface area contributed by atoms with Crippen LogP contribution in [-0.2, 0) is 0 Å². The first-order chi connectivity index (χ1) is 6.70. The fourth-order valence-electron chi connectivity index (χ4n) is 2.53. The normalized spacial score (nSPS) is 32.9. The summed E-state index contributed by atoms with van der Waals surface area (Å²) in [5, 5.41) is 10.3. The van der Waals surface area contributed by atoms with Crippen molar-refractivity contribution in [2.24, 2.45) is 0 Å². The molecule has 76 valence electrons. The van der Waals surface area contributed by atoms with Gasteiger partial charge in [-0.1, -0.05) is 43.2 Å². The van der Waals surface area contributed by atoms with E-state index in [0.717, 1.165) is 19.3 Å². The molecular weight excluding hydrogens is 172 g/mol. The zero-order chi connectivity index (χ0) is 10.0. The van der Waals surface area contributed by atoms with Gasteiger partial charge in [-0.25, -0.2) is 0 Å². The second kappa shape index (κ2) is 3.74. The van der Waals surface area contributed by atoms with E-state index in [9.17, 15) is 5.11 Å². The summed E-state index contributed by atoms with van der Waals surface area (Å²) in [4.78, 5) is 0. The molecule has 14 heavy (non-hydrogen) atoms. The number of hydrogen-bond donors (Lipinski definition) is 1. The molecule has 0 bridgehead atoms. The minimum atomic E-state index is -0.500. The lowest BCUT2D eigenvalue weighted by Gasteiger charge is -2.37. The van der Waals surface area contributed by atoms with Gasteiger partial charge in [0.2, 0.25) is 0 Å². The Hall–Kier alpha value is -0.820. The number of aliphatic hydroxyl groups is 1. The summed E-state index contributed by atoms with van der Waals surface area (Å²) >= 11 is 0. The first kappa shape index (κ1) is 9.72. The van der Waals surface area contributed by atoms with E-state index in [1.165, 1.54) is 12.0 Å². The Morgan fingerprint density at radius 1 is 1.21 bits per heavy atom. The molecule has 2 rings (SSSR count). The molecule has 0 radical (unpaired) electrons. The largest absolute Gasteiger partial charge is 0.390 e. The molecule has 0 heterocycles. The molecule has 0 aromatic heterocycles. The highest BCUT2D eigenvalue weighted by Crippen LogP contribution is 2.40. The highest BCUT2D eigenvalue weighted by Gasteiger charge is 2.34. The molecule has 1 fully saturated rings. The smallest absolute Gasteiger partial charge is 0.0688 e. The summed E-state index contributed by atoms with van der Waals surface area (Å²) < 4.78 is 0. The third-order valence-corrected chi connectivity index (χ3v) is 3.38. The van der Waals surface area contributed by atoms with E-state index in [1.54, 1.807) is 0 Å². The van der Waals surface area contributed by atoms with Crippen LogP contribution in [0.25, 0.3) is 0 Å². The second-order valence-corrected chi connectivity index (χ2v) is 4.57. The number of benzene rings is 1. The third-order valence-electron chi connectivity index (χ3n) is 3.38. The van der Waals surface area contributed by atoms with Gasteiger partial charge in [-0.3, -0.25) is 0 Å². The fraction of sp³-hybridized carbons (Fsp3) is 0.538. The molecule has 0 unspecified atom stereocenters. The van der Waals surface area contributed by atoms with Crippen molar-refractivity contribution in [3.05, 3.63) is 35.9 Å². The first-order valence-corrected chi connectivity index (χ1v) is 5.47. The van der Waals surface area contributed by atoms with Crippen molar-refractivity contribution in [2.45, 2.75) is 44.1 Å². The molecule has 1 aliphatic carbocycles. The minimum absolute atomic E-state index is 0.331. The number of rotatable bonds is 1. The van der Waals surface area contributed by atoms with E-state index in [-0.39, 0.29) is 0 Å². The van der Waals surface area contributed by atoms with Gasteiger partial charge < -0.3 is 5.11 Å². The standard InChI is InChI=1S/C13H18O/c1-13(14)10-6-5-9-12(13)11-7-3-2-4-8-11/h2-4,7-8,12,14H,5-6,9-10H2,1H3/t12-,13+/m0/s1. The monoisotopic (exact) mass is 190 g/mol. The summed E-state index contributed by atoms with van der Waals surface area (Å²) in [7, 11) is 0. The molecule has 1 nitrogen and oxygen atoms in total. The van der Waals surface area contributed by atoms with Crippen molar-refractivity contribution < 1.29 is 5.11 Å². The highest BCUT2D eigenvalue weighted by atomic mass is 16.3. The highest BCUT2D eigenvalue weighted by molar-refractivity contribution is 5.23. The molecule has 1 heteroatoms. The number of hydrogen-bond acceptors (Lipinski definition) is 1. The summed E-state index contributed by atoms with van der Waals surface area (Å²) in [6.07, 6.45) is 4.47. The Balaban J connectivity index is 2.24. The van der Waals surface area contributed by atoms with Crippen LogP contribution >= 0.6 is 0 Å². The predicted molar refractivity (Wildman–Crippen MR) is 58.3 cm³/mol. The van der Waals surface area contributed by atoms with Crippen LogP contribution in [0.1, 0.15) is 44.1 Å². The van der Waals surface area contributed by atoms with Crippen LogP contribution in [0.3, 0.4) is 0 Å². The minimum Gasteiger partial charge on any atom is -0.390 e. The van der Waals surface area contributed by atoms with Crippen molar-refractivity contribution in [1.29, 1.82) is 0 Å². The second-order valence-electron chi connectivity index (χ2n) is 4.57. The molecule has 1 aromatic rings. The molecule has 0 aliphatic heterocycles. The van der Waals surface area contributed by atoms with Gasteiger partial charge in [0.05, 0.1) is 5.60 Å². The molecule has 0 amide bonds. The average molecular weight is 190 g/mol. The molecule has 1 saturated carbocycles. The quantitative estimate of drug-likeness (QED) is 0.721. The van der Waals surface area contributed by atoms with E-state index in [0.29, 0.717) is 5.92 Å². The van der Waals surface area contributed by atoms with Crippen molar-refractivity contribution in [2.75, 3.05) is 0 Å². The van der Waals surface area contributed by atoms with Gasteiger partial charge in [0.15, 0.2) is 0 Å². The van der Waals surface area contributed by atoms with Gasteiger partial charge in [-0.15, -0.1) is 0 Å². The van der Waals surface area contributed by atoms with Crippen molar-refractivity contribution in [1.82, 2.24) is 0 Å². The van der Waals surface area contributed by atoms with E-state index in [2.05, 4.69) is 24.3 Å². The maximum Gasteiger partial charge on any atom is 0.0688 e. The van der Waals surface area contributed by atoms with Gasteiger partial charge in [0, 0.05) is 5.92 Å². The van der Waals surface area contributed by atoms with Gasteiger partial charge in [-0.2, -0.15) is 0 Å². The van der Waals surface area contributed by atoms with E-state index < -0.39 is 5.60 Å². The van der Waals surface area contributed by atoms with Crippen molar-refractivity contribution in [3.8, 4) is 0 Å². The molecule has 2 atom stereocenters. The summed E-state index contributed by atoms with van der Waals surface area (Å²) in [5.41, 5.74) is 0.789. The average Bonchev–Trinajstić information content (AvgIpc) is 2.18. The summed E-state index contributed by atoms with van der Waals surface area (Å²) in [6, 6.07) is 10.4. The lowest BCUT2D eigenvalue weighted by atomic mass is 9.73. The topological polar surface area (TPSA) is 20.2 Å². The molecular formula is C13H18O. The van der Waals surface area contributed by atoms with Crippen LogP contribution in [-0.4, -0.2) is 10.7 Å². The van der Waals surface area contributed by atoms with E-state index >= 15 is 0 Å². The molecule has 1 N–H and O–H groups in total. The Morgan fingerprint density at radius 3 is 2.57 bits per heavy atom. The molecule has 0 saturated heterocycles. The predicted octanol–water partition coefficient (Wildman–Crippen LogP) is 3.10. The summed E-state index contributed by atoms with van der Waals surface area (Å²) in [5.74, 6) is 0.331. The SMILES string of the molecule is C[C@@]1(O)CCCC[C@H]1c1ccccc1. The Bertz CT molecular complexity index is 289. The molecule has 1 aliphatic rings. The van der Waals surface area contributed by atoms with Crippen LogP contribution in [0.4, 0.5) is 0 Å². The molecule has 1 aromatic carbocycles. The van der Waals surface area contributed by atoms with Gasteiger partial charge in [-0.05, 0) is 25.3 Å². The maximum atomic E-state index is 10.3. The summed E-state index contributed by atoms with van der Waals surface area (Å²) in [6.45, 7) is 1.98. The van der Waals surface area contributed by atoms with E-state index in [1.807, 2.05) is 13.0 Å². The fourth-order valence-corrected chi connectivity index (χ4v) is 2.53. The van der Waals surface area contributed by atoms with Crippen molar-refractivity contribution >= 4 is 0 Å². The van der Waals surface area contributed by atoms with Crippen LogP contribution in [0, 0.1) is 0 Å². The maximum absolute atomic E-state index is 10.3. The zero-order valence-electron chi connectivity index (χ0n) is 8.74. The lowest BCUT2D eigenvalue weighted by molar-refractivity contribution is 0.000662. The Labute approximate surface area is 85.8 Å². The van der Waals surface area contributed by atoms with Crippen LogP contribution in [0.15, 0.2) is 30.3 Å². The first-order valence-electron chi connectivity index (χ1n) is 5.47. The van der Waals surface area contributed by atoms with Crippen molar-refractivity contribution in [3.63, 3.8) is 0 Å². The van der Waals surface area contributed by atoms with Crippen LogP contribution in [0.5, 0.6) is 0 Å². The molecule has 0 spiro atoms. The van der Waals surface area contributed by atoms with Crippen LogP contribution < -0.4 is 0 Å².